The lowest BCUT2D eigenvalue weighted by Gasteiger charge is -2.20. The number of hydrogen-bond donors (Lipinski definition) is 1. The molecule has 0 fully saturated rings. The van der Waals surface area contributed by atoms with Crippen LogP contribution in [-0.4, -0.2) is 51.8 Å². The van der Waals surface area contributed by atoms with Crippen LogP contribution in [0.5, 0.6) is 0 Å². The summed E-state index contributed by atoms with van der Waals surface area (Å²) in [6, 6.07) is 4.36. The minimum Gasteiger partial charge on any atom is -0.350 e. The Balaban J connectivity index is 2.29. The van der Waals surface area contributed by atoms with Crippen molar-refractivity contribution in [3.05, 3.63) is 35.3 Å². The average Bonchev–Trinajstić information content (AvgIpc) is 2.98. The van der Waals surface area contributed by atoms with Gasteiger partial charge in [0.15, 0.2) is 0 Å². The molecule has 6 nitrogen and oxygen atoms in total. The second kappa shape index (κ2) is 6.36. The van der Waals surface area contributed by atoms with Crippen molar-refractivity contribution in [3.8, 4) is 5.82 Å². The average molecular weight is 303 g/mol. The number of nitrogens with zero attached hydrogens (tertiary/aromatic N) is 4. The number of carbonyl (C=O) groups is 1. The van der Waals surface area contributed by atoms with Crippen molar-refractivity contribution in [3.63, 3.8) is 0 Å². The minimum atomic E-state index is -0.0932. The van der Waals surface area contributed by atoms with E-state index in [9.17, 15) is 4.79 Å². The predicted molar refractivity (Wildman–Crippen MR) is 87.5 cm³/mol. The van der Waals surface area contributed by atoms with Crippen LogP contribution in [0.4, 0.5) is 0 Å². The maximum Gasteiger partial charge on any atom is 0.256 e. The largest absolute Gasteiger partial charge is 0.350 e. The third-order valence-corrected chi connectivity index (χ3v) is 4.07. The van der Waals surface area contributed by atoms with Gasteiger partial charge in [-0.15, -0.1) is 0 Å². The Morgan fingerprint density at radius 1 is 1.32 bits per heavy atom. The second-order valence-electron chi connectivity index (χ2n) is 5.98. The second-order valence-corrected chi connectivity index (χ2v) is 5.98. The van der Waals surface area contributed by atoms with Gasteiger partial charge >= 0.3 is 0 Å². The quantitative estimate of drug-likeness (QED) is 0.911. The molecule has 2 aromatic heterocycles. The van der Waals surface area contributed by atoms with Crippen LogP contribution >= 0.6 is 0 Å². The first-order chi connectivity index (χ1) is 10.3. The van der Waals surface area contributed by atoms with Gasteiger partial charge in [-0.25, -0.2) is 0 Å². The van der Waals surface area contributed by atoms with Crippen LogP contribution in [0, 0.1) is 13.8 Å². The molecule has 1 amide bonds. The van der Waals surface area contributed by atoms with Gasteiger partial charge in [-0.3, -0.25) is 9.48 Å². The molecule has 6 heteroatoms. The zero-order valence-corrected chi connectivity index (χ0v) is 14.2. The van der Waals surface area contributed by atoms with Crippen LogP contribution in [0.15, 0.2) is 18.3 Å². The fourth-order valence-corrected chi connectivity index (χ4v) is 2.38. The summed E-state index contributed by atoms with van der Waals surface area (Å²) in [5.41, 5.74) is 2.75. The molecule has 1 atom stereocenters. The molecular weight excluding hydrogens is 278 g/mol. The molecule has 0 saturated heterocycles. The molecule has 120 valence electrons. The third-order valence-electron chi connectivity index (χ3n) is 4.07. The van der Waals surface area contributed by atoms with E-state index in [4.69, 9.17) is 0 Å². The molecule has 0 aliphatic carbocycles. The molecular formula is C16H25N5O. The minimum absolute atomic E-state index is 0.0932. The van der Waals surface area contributed by atoms with Gasteiger partial charge in [0.25, 0.3) is 5.91 Å². The highest BCUT2D eigenvalue weighted by molar-refractivity contribution is 5.97. The van der Waals surface area contributed by atoms with Gasteiger partial charge in [0, 0.05) is 31.0 Å². The van der Waals surface area contributed by atoms with Gasteiger partial charge in [0.2, 0.25) is 0 Å². The van der Waals surface area contributed by atoms with Gasteiger partial charge in [-0.1, -0.05) is 0 Å². The Hall–Kier alpha value is -2.08. The van der Waals surface area contributed by atoms with E-state index < -0.39 is 0 Å². The Kier molecular flexibility index (Phi) is 4.71. The molecule has 0 aromatic carbocycles. The van der Waals surface area contributed by atoms with Crippen LogP contribution in [0.2, 0.25) is 0 Å². The summed E-state index contributed by atoms with van der Waals surface area (Å²) in [5, 5.41) is 7.25. The summed E-state index contributed by atoms with van der Waals surface area (Å²) < 4.78 is 3.79. The fraction of sp³-hybridized carbons (Fsp3) is 0.500. The van der Waals surface area contributed by atoms with Crippen molar-refractivity contribution in [2.24, 2.45) is 7.05 Å². The molecule has 2 rings (SSSR count). The summed E-state index contributed by atoms with van der Waals surface area (Å²) in [4.78, 5) is 14.6. The number of carbonyl (C=O) groups excluding carboxylic acids is 1. The summed E-state index contributed by atoms with van der Waals surface area (Å²) in [7, 11) is 5.85. The smallest absolute Gasteiger partial charge is 0.256 e. The molecule has 0 spiro atoms. The molecule has 22 heavy (non-hydrogen) atoms. The first kappa shape index (κ1) is 16.3. The Bertz CT molecular complexity index is 649. The maximum absolute atomic E-state index is 12.5. The normalized spacial score (nSPS) is 12.7. The van der Waals surface area contributed by atoms with E-state index in [0.29, 0.717) is 12.1 Å². The Morgan fingerprint density at radius 3 is 2.45 bits per heavy atom. The summed E-state index contributed by atoms with van der Waals surface area (Å²) in [5.74, 6) is 0.708. The van der Waals surface area contributed by atoms with Gasteiger partial charge in [-0.05, 0) is 47.0 Å². The molecule has 1 N–H and O–H groups in total. The molecule has 2 heterocycles. The highest BCUT2D eigenvalue weighted by Gasteiger charge is 2.20. The number of aryl methyl sites for hydroxylation is 3. The van der Waals surface area contributed by atoms with Gasteiger partial charge in [0.1, 0.15) is 11.4 Å². The summed E-state index contributed by atoms with van der Waals surface area (Å²) >= 11 is 0. The van der Waals surface area contributed by atoms with Crippen molar-refractivity contribution in [1.82, 2.24) is 24.6 Å². The van der Waals surface area contributed by atoms with Crippen LogP contribution in [0.1, 0.15) is 28.7 Å². The number of nitrogens with one attached hydrogen (secondary N) is 1. The number of likely N-dealkylation sites (N-methyl/N-ethyl adjacent to an activating group) is 1. The lowest BCUT2D eigenvalue weighted by atomic mass is 10.2. The first-order valence-corrected chi connectivity index (χ1v) is 7.45. The van der Waals surface area contributed by atoms with E-state index in [1.54, 1.807) is 10.9 Å². The SMILES string of the molecule is Cc1ccc(C)n1-c1c(C(=O)NC[C@H](C)N(C)C)cnn1C. The van der Waals surface area contributed by atoms with Crippen LogP contribution < -0.4 is 5.32 Å². The van der Waals surface area contributed by atoms with Gasteiger partial charge < -0.3 is 14.8 Å². The van der Waals surface area contributed by atoms with E-state index >= 15 is 0 Å². The number of aromatic nitrogens is 3. The monoisotopic (exact) mass is 303 g/mol. The van der Waals surface area contributed by atoms with Crippen molar-refractivity contribution in [2.75, 3.05) is 20.6 Å². The third kappa shape index (κ3) is 3.06. The molecule has 0 bridgehead atoms. The number of amides is 1. The van der Waals surface area contributed by atoms with E-state index in [-0.39, 0.29) is 11.9 Å². The molecule has 2 aromatic rings. The molecule has 0 aliphatic heterocycles. The van der Waals surface area contributed by atoms with Crippen molar-refractivity contribution >= 4 is 5.91 Å². The van der Waals surface area contributed by atoms with Crippen LogP contribution in [0.25, 0.3) is 5.82 Å². The van der Waals surface area contributed by atoms with Gasteiger partial charge in [0.05, 0.1) is 6.20 Å². The number of hydrogen-bond acceptors (Lipinski definition) is 3. The maximum atomic E-state index is 12.5. The molecule has 0 saturated carbocycles. The summed E-state index contributed by atoms with van der Waals surface area (Å²) in [6.07, 6.45) is 1.63. The fourth-order valence-electron chi connectivity index (χ4n) is 2.38. The lowest BCUT2D eigenvalue weighted by Crippen LogP contribution is -2.38. The number of rotatable bonds is 5. The molecule has 0 aliphatic rings. The standard InChI is InChI=1S/C16H25N5O/c1-11-7-8-12(2)21(11)16-14(10-18-20(16)6)15(22)17-9-13(3)19(4)5/h7-8,10,13H,9H2,1-6H3,(H,17,22)/t13-/m0/s1. The van der Waals surface area contributed by atoms with E-state index in [1.807, 2.05) is 47.1 Å². The van der Waals surface area contributed by atoms with Gasteiger partial charge in [-0.2, -0.15) is 5.10 Å². The van der Waals surface area contributed by atoms with Crippen molar-refractivity contribution in [2.45, 2.75) is 26.8 Å². The van der Waals surface area contributed by atoms with E-state index in [1.165, 1.54) is 0 Å². The Labute approximate surface area is 131 Å². The van der Waals surface area contributed by atoms with Crippen molar-refractivity contribution < 1.29 is 4.79 Å². The van der Waals surface area contributed by atoms with E-state index in [2.05, 4.69) is 26.8 Å². The molecule has 0 unspecified atom stereocenters. The predicted octanol–water partition coefficient (Wildman–Crippen LogP) is 1.51. The first-order valence-electron chi connectivity index (χ1n) is 7.45. The zero-order chi connectivity index (χ0) is 16.4. The topological polar surface area (TPSA) is 55.1 Å². The van der Waals surface area contributed by atoms with Crippen LogP contribution in [-0.2, 0) is 7.05 Å². The highest BCUT2D eigenvalue weighted by atomic mass is 16.1. The zero-order valence-electron chi connectivity index (χ0n) is 14.2. The van der Waals surface area contributed by atoms with Crippen molar-refractivity contribution in [1.29, 1.82) is 0 Å². The Morgan fingerprint density at radius 2 is 1.91 bits per heavy atom. The highest BCUT2D eigenvalue weighted by Crippen LogP contribution is 2.19. The van der Waals surface area contributed by atoms with E-state index in [0.717, 1.165) is 17.2 Å². The lowest BCUT2D eigenvalue weighted by molar-refractivity contribution is 0.0943. The van der Waals surface area contributed by atoms with Crippen LogP contribution in [0.3, 0.4) is 0 Å². The molecule has 0 radical (unpaired) electrons. The summed E-state index contributed by atoms with van der Waals surface area (Å²) in [6.45, 7) is 6.72.